The van der Waals surface area contributed by atoms with Crippen LogP contribution in [0.5, 0.6) is 0 Å². The Hall–Kier alpha value is -2.37. The van der Waals surface area contributed by atoms with E-state index in [1.807, 2.05) is 4.57 Å². The van der Waals surface area contributed by atoms with Gasteiger partial charge in [0.15, 0.2) is 0 Å². The third kappa shape index (κ3) is 2.61. The molecule has 110 valence electrons. The molecule has 1 fully saturated rings. The molecule has 6 nitrogen and oxygen atoms in total. The van der Waals surface area contributed by atoms with Crippen molar-refractivity contribution in [2.75, 3.05) is 7.11 Å². The summed E-state index contributed by atoms with van der Waals surface area (Å²) in [5, 5.41) is 9.12. The van der Waals surface area contributed by atoms with Crippen LogP contribution in [0.3, 0.4) is 0 Å². The van der Waals surface area contributed by atoms with Gasteiger partial charge in [0.05, 0.1) is 30.1 Å². The molecule has 1 aromatic heterocycles. The fourth-order valence-electron chi connectivity index (χ4n) is 2.47. The van der Waals surface area contributed by atoms with Gasteiger partial charge in [-0.2, -0.15) is 0 Å². The lowest BCUT2D eigenvalue weighted by molar-refractivity contribution is -0.140. The van der Waals surface area contributed by atoms with Crippen LogP contribution < -0.4 is 0 Å². The molecule has 1 aliphatic carbocycles. The first-order valence-corrected chi connectivity index (χ1v) is 6.90. The van der Waals surface area contributed by atoms with E-state index in [-0.39, 0.29) is 18.0 Å². The van der Waals surface area contributed by atoms with Gasteiger partial charge in [0, 0.05) is 12.5 Å². The zero-order chi connectivity index (χ0) is 15.0. The number of aryl methyl sites for hydroxylation is 1. The average Bonchev–Trinajstić information content (AvgIpc) is 3.26. The molecule has 1 aliphatic rings. The van der Waals surface area contributed by atoms with Gasteiger partial charge in [0.25, 0.3) is 0 Å². The summed E-state index contributed by atoms with van der Waals surface area (Å²) >= 11 is 0. The standard InChI is InChI=1S/C15H16N2O4/c1-21-13(18)6-7-17-12-8-10(15(19)20)4-5-11(12)16-14(17)9-2-3-9/h4-5,8-9H,2-3,6-7H2,1H3,(H,19,20). The predicted octanol–water partition coefficient (Wildman–Crippen LogP) is 2.17. The number of carboxylic acids is 1. The number of esters is 1. The van der Waals surface area contributed by atoms with Gasteiger partial charge in [0.1, 0.15) is 5.82 Å². The van der Waals surface area contributed by atoms with Crippen molar-refractivity contribution in [3.63, 3.8) is 0 Å². The van der Waals surface area contributed by atoms with Gasteiger partial charge in [-0.15, -0.1) is 0 Å². The first-order chi connectivity index (χ1) is 10.1. The largest absolute Gasteiger partial charge is 0.478 e. The first kappa shape index (κ1) is 13.6. The van der Waals surface area contributed by atoms with Crippen molar-refractivity contribution in [3.8, 4) is 0 Å². The van der Waals surface area contributed by atoms with Crippen LogP contribution in [-0.4, -0.2) is 33.7 Å². The smallest absolute Gasteiger partial charge is 0.335 e. The number of aromatic carboxylic acids is 1. The van der Waals surface area contributed by atoms with E-state index < -0.39 is 5.97 Å². The Bertz CT molecular complexity index is 716. The first-order valence-electron chi connectivity index (χ1n) is 6.90. The van der Waals surface area contributed by atoms with Crippen LogP contribution in [0.25, 0.3) is 11.0 Å². The topological polar surface area (TPSA) is 81.4 Å². The van der Waals surface area contributed by atoms with Gasteiger partial charge >= 0.3 is 11.9 Å². The van der Waals surface area contributed by atoms with Crippen molar-refractivity contribution in [3.05, 3.63) is 29.6 Å². The number of hydrogen-bond acceptors (Lipinski definition) is 4. The van der Waals surface area contributed by atoms with E-state index in [2.05, 4.69) is 9.72 Å². The summed E-state index contributed by atoms with van der Waals surface area (Å²) in [5.41, 5.74) is 1.76. The molecular weight excluding hydrogens is 272 g/mol. The number of methoxy groups -OCH3 is 1. The number of aromatic nitrogens is 2. The second kappa shape index (κ2) is 5.20. The number of hydrogen-bond donors (Lipinski definition) is 1. The number of imidazole rings is 1. The minimum atomic E-state index is -0.967. The molecule has 0 amide bonds. The van der Waals surface area contributed by atoms with Crippen LogP contribution >= 0.6 is 0 Å². The molecule has 0 aliphatic heterocycles. The van der Waals surface area contributed by atoms with Gasteiger partial charge in [-0.1, -0.05) is 0 Å². The predicted molar refractivity (Wildman–Crippen MR) is 75.3 cm³/mol. The van der Waals surface area contributed by atoms with Gasteiger partial charge < -0.3 is 14.4 Å². The highest BCUT2D eigenvalue weighted by Crippen LogP contribution is 2.40. The van der Waals surface area contributed by atoms with Crippen LogP contribution in [0.1, 0.15) is 41.4 Å². The van der Waals surface area contributed by atoms with Crippen LogP contribution in [0, 0.1) is 0 Å². The number of nitrogens with zero attached hydrogens (tertiary/aromatic N) is 2. The molecule has 21 heavy (non-hydrogen) atoms. The minimum absolute atomic E-state index is 0.226. The quantitative estimate of drug-likeness (QED) is 0.853. The molecule has 0 radical (unpaired) electrons. The maximum absolute atomic E-state index is 11.4. The van der Waals surface area contributed by atoms with Crippen molar-refractivity contribution in [2.24, 2.45) is 0 Å². The lowest BCUT2D eigenvalue weighted by atomic mass is 10.2. The van der Waals surface area contributed by atoms with E-state index in [9.17, 15) is 9.59 Å². The van der Waals surface area contributed by atoms with E-state index in [0.717, 1.165) is 29.7 Å². The number of benzene rings is 1. The maximum Gasteiger partial charge on any atom is 0.335 e. The third-order valence-electron chi connectivity index (χ3n) is 3.73. The van der Waals surface area contributed by atoms with Gasteiger partial charge in [-0.05, 0) is 31.0 Å². The Balaban J connectivity index is 2.03. The summed E-state index contributed by atoms with van der Waals surface area (Å²) in [7, 11) is 1.36. The monoisotopic (exact) mass is 288 g/mol. The number of ether oxygens (including phenoxy) is 1. The highest BCUT2D eigenvalue weighted by Gasteiger charge is 2.29. The fraction of sp³-hybridized carbons (Fsp3) is 0.400. The Kier molecular flexibility index (Phi) is 3.37. The molecule has 1 N–H and O–H groups in total. The molecule has 2 aromatic rings. The van der Waals surface area contributed by atoms with Crippen molar-refractivity contribution in [1.29, 1.82) is 0 Å². The van der Waals surface area contributed by atoms with Crippen molar-refractivity contribution >= 4 is 23.0 Å². The summed E-state index contributed by atoms with van der Waals surface area (Å²) in [6, 6.07) is 4.89. The molecule has 6 heteroatoms. The molecule has 0 saturated heterocycles. The van der Waals surface area contributed by atoms with Crippen molar-refractivity contribution in [2.45, 2.75) is 31.7 Å². The second-order valence-electron chi connectivity index (χ2n) is 5.23. The van der Waals surface area contributed by atoms with Crippen molar-refractivity contribution < 1.29 is 19.4 Å². The van der Waals surface area contributed by atoms with Crippen LogP contribution in [-0.2, 0) is 16.1 Å². The normalized spacial score (nSPS) is 14.3. The molecule has 0 bridgehead atoms. The Morgan fingerprint density at radius 1 is 1.43 bits per heavy atom. The Labute approximate surface area is 121 Å². The summed E-state index contributed by atoms with van der Waals surface area (Å²) in [6.45, 7) is 0.456. The molecular formula is C15H16N2O4. The molecule has 0 spiro atoms. The number of carboxylic acid groups (broad SMARTS) is 1. The molecule has 1 aromatic carbocycles. The Morgan fingerprint density at radius 2 is 2.19 bits per heavy atom. The Morgan fingerprint density at radius 3 is 2.81 bits per heavy atom. The van der Waals surface area contributed by atoms with Crippen molar-refractivity contribution in [1.82, 2.24) is 9.55 Å². The SMILES string of the molecule is COC(=O)CCn1c(C2CC2)nc2ccc(C(=O)O)cc21. The second-order valence-corrected chi connectivity index (χ2v) is 5.23. The van der Waals surface area contributed by atoms with Crippen LogP contribution in [0.15, 0.2) is 18.2 Å². The van der Waals surface area contributed by atoms with E-state index in [1.165, 1.54) is 7.11 Å². The van der Waals surface area contributed by atoms with E-state index in [4.69, 9.17) is 5.11 Å². The molecule has 3 rings (SSSR count). The van der Waals surface area contributed by atoms with E-state index in [0.29, 0.717) is 12.5 Å². The summed E-state index contributed by atoms with van der Waals surface area (Å²) in [4.78, 5) is 27.1. The summed E-state index contributed by atoms with van der Waals surface area (Å²) < 4.78 is 6.63. The molecule has 0 atom stereocenters. The molecule has 1 heterocycles. The third-order valence-corrected chi connectivity index (χ3v) is 3.73. The average molecular weight is 288 g/mol. The van der Waals surface area contributed by atoms with E-state index in [1.54, 1.807) is 18.2 Å². The fourth-order valence-corrected chi connectivity index (χ4v) is 2.47. The lowest BCUT2D eigenvalue weighted by Gasteiger charge is -2.08. The van der Waals surface area contributed by atoms with Gasteiger partial charge in [-0.25, -0.2) is 9.78 Å². The van der Waals surface area contributed by atoms with Crippen LogP contribution in [0.2, 0.25) is 0 Å². The molecule has 1 saturated carbocycles. The van der Waals surface area contributed by atoms with Gasteiger partial charge in [0.2, 0.25) is 0 Å². The highest BCUT2D eigenvalue weighted by atomic mass is 16.5. The highest BCUT2D eigenvalue weighted by molar-refractivity contribution is 5.92. The number of carbonyl (C=O) groups is 2. The molecule has 0 unspecified atom stereocenters. The summed E-state index contributed by atoms with van der Waals surface area (Å²) in [5.74, 6) is 0.110. The number of carbonyl (C=O) groups excluding carboxylic acids is 1. The van der Waals surface area contributed by atoms with Crippen LogP contribution in [0.4, 0.5) is 0 Å². The maximum atomic E-state index is 11.4. The number of fused-ring (bicyclic) bond motifs is 1. The number of rotatable bonds is 5. The zero-order valence-electron chi connectivity index (χ0n) is 11.7. The lowest BCUT2D eigenvalue weighted by Crippen LogP contribution is -2.09. The van der Waals surface area contributed by atoms with E-state index >= 15 is 0 Å². The minimum Gasteiger partial charge on any atom is -0.478 e. The van der Waals surface area contributed by atoms with Gasteiger partial charge in [-0.3, -0.25) is 4.79 Å². The zero-order valence-corrected chi connectivity index (χ0v) is 11.7. The summed E-state index contributed by atoms with van der Waals surface area (Å²) in [6.07, 6.45) is 2.43.